The van der Waals surface area contributed by atoms with Crippen LogP contribution < -0.4 is 11.4 Å². The summed E-state index contributed by atoms with van der Waals surface area (Å²) in [6.45, 7) is 3.74. The van der Waals surface area contributed by atoms with Gasteiger partial charge in [0.2, 0.25) is 0 Å². The highest BCUT2D eigenvalue weighted by Crippen LogP contribution is 2.18. The molecule has 0 spiro atoms. The number of nitrogen functional groups attached to an aromatic ring is 1. The molecule has 0 fully saturated rings. The Bertz CT molecular complexity index is 514. The predicted octanol–water partition coefficient (Wildman–Crippen LogP) is 1.56. The molecule has 0 atom stereocenters. The number of hydrogen-bond acceptors (Lipinski definition) is 3. The molecule has 1 aromatic heterocycles. The van der Waals surface area contributed by atoms with Crippen molar-refractivity contribution < 1.29 is 4.42 Å². The third-order valence-corrected chi connectivity index (χ3v) is 1.85. The standard InChI is InChI=1S/C10H8NO2/c1-6-4-10(12)13-9-5-7(11)2-3-8(6)9/h2-5H,1,11H2. The summed E-state index contributed by atoms with van der Waals surface area (Å²) in [5, 5.41) is 0.814. The minimum Gasteiger partial charge on any atom is -0.423 e. The highest BCUT2D eigenvalue weighted by atomic mass is 16.4. The number of nitrogens with two attached hydrogens (primary N) is 1. The molecule has 65 valence electrons. The quantitative estimate of drug-likeness (QED) is 0.487. The lowest BCUT2D eigenvalue weighted by molar-refractivity contribution is 0.560. The van der Waals surface area contributed by atoms with E-state index in [2.05, 4.69) is 6.92 Å². The third-order valence-electron chi connectivity index (χ3n) is 1.85. The first-order valence-electron chi connectivity index (χ1n) is 3.82. The molecule has 3 nitrogen and oxygen atoms in total. The second-order valence-electron chi connectivity index (χ2n) is 2.85. The summed E-state index contributed by atoms with van der Waals surface area (Å²) in [7, 11) is 0. The number of anilines is 1. The summed E-state index contributed by atoms with van der Waals surface area (Å²) in [5.41, 5.74) is 6.85. The molecular formula is C10H8NO2. The predicted molar refractivity (Wildman–Crippen MR) is 51.4 cm³/mol. The molecular weight excluding hydrogens is 166 g/mol. The Kier molecular flexibility index (Phi) is 1.59. The summed E-state index contributed by atoms with van der Waals surface area (Å²) in [6.07, 6.45) is 0. The van der Waals surface area contributed by atoms with Crippen LogP contribution in [0.4, 0.5) is 5.69 Å². The van der Waals surface area contributed by atoms with Gasteiger partial charge in [-0.25, -0.2) is 4.79 Å². The van der Waals surface area contributed by atoms with Gasteiger partial charge in [-0.05, 0) is 24.6 Å². The lowest BCUT2D eigenvalue weighted by atomic mass is 10.1. The number of rotatable bonds is 0. The van der Waals surface area contributed by atoms with Crippen LogP contribution in [0.15, 0.2) is 33.5 Å². The van der Waals surface area contributed by atoms with Crippen molar-refractivity contribution in [3.05, 3.63) is 47.2 Å². The van der Waals surface area contributed by atoms with Crippen LogP contribution in [0.5, 0.6) is 0 Å². The van der Waals surface area contributed by atoms with Gasteiger partial charge in [-0.3, -0.25) is 0 Å². The van der Waals surface area contributed by atoms with Gasteiger partial charge in [0.15, 0.2) is 0 Å². The maximum atomic E-state index is 11.0. The van der Waals surface area contributed by atoms with Crippen molar-refractivity contribution in [1.82, 2.24) is 0 Å². The van der Waals surface area contributed by atoms with E-state index in [1.54, 1.807) is 18.2 Å². The monoisotopic (exact) mass is 174 g/mol. The van der Waals surface area contributed by atoms with Crippen LogP contribution in [0.1, 0.15) is 5.56 Å². The van der Waals surface area contributed by atoms with E-state index in [4.69, 9.17) is 10.2 Å². The fourth-order valence-electron chi connectivity index (χ4n) is 1.25. The van der Waals surface area contributed by atoms with Gasteiger partial charge < -0.3 is 10.2 Å². The maximum Gasteiger partial charge on any atom is 0.336 e. The van der Waals surface area contributed by atoms with Gasteiger partial charge in [0.05, 0.1) is 0 Å². The smallest absolute Gasteiger partial charge is 0.336 e. The van der Waals surface area contributed by atoms with Gasteiger partial charge in [-0.2, -0.15) is 0 Å². The van der Waals surface area contributed by atoms with Crippen molar-refractivity contribution in [2.75, 3.05) is 5.73 Å². The molecule has 2 N–H and O–H groups in total. The second-order valence-corrected chi connectivity index (χ2v) is 2.85. The summed E-state index contributed by atoms with van der Waals surface area (Å²) in [4.78, 5) is 11.0. The van der Waals surface area contributed by atoms with Gasteiger partial charge in [-0.1, -0.05) is 0 Å². The summed E-state index contributed by atoms with van der Waals surface area (Å²) >= 11 is 0. The fraction of sp³-hybridized carbons (Fsp3) is 0. The maximum absolute atomic E-state index is 11.0. The van der Waals surface area contributed by atoms with E-state index in [0.717, 1.165) is 5.39 Å². The first kappa shape index (κ1) is 7.86. The van der Waals surface area contributed by atoms with Crippen LogP contribution in [-0.4, -0.2) is 0 Å². The molecule has 13 heavy (non-hydrogen) atoms. The van der Waals surface area contributed by atoms with Crippen molar-refractivity contribution in [1.29, 1.82) is 0 Å². The zero-order valence-electron chi connectivity index (χ0n) is 6.91. The highest BCUT2D eigenvalue weighted by molar-refractivity contribution is 5.83. The van der Waals surface area contributed by atoms with Gasteiger partial charge >= 0.3 is 5.63 Å². The van der Waals surface area contributed by atoms with Crippen LogP contribution in [0.2, 0.25) is 0 Å². The van der Waals surface area contributed by atoms with Crippen molar-refractivity contribution in [2.45, 2.75) is 0 Å². The van der Waals surface area contributed by atoms with Crippen molar-refractivity contribution in [3.63, 3.8) is 0 Å². The molecule has 0 amide bonds. The number of benzene rings is 1. The zero-order chi connectivity index (χ0) is 9.42. The van der Waals surface area contributed by atoms with Crippen LogP contribution in [0, 0.1) is 6.92 Å². The molecule has 0 saturated carbocycles. The normalized spacial score (nSPS) is 10.5. The zero-order valence-corrected chi connectivity index (χ0v) is 6.91. The lowest BCUT2D eigenvalue weighted by Gasteiger charge is -1.99. The van der Waals surface area contributed by atoms with Gasteiger partial charge in [0, 0.05) is 23.2 Å². The molecule has 0 aliphatic rings. The Labute approximate surface area is 74.8 Å². The average molecular weight is 174 g/mol. The van der Waals surface area contributed by atoms with E-state index >= 15 is 0 Å². The largest absolute Gasteiger partial charge is 0.423 e. The Morgan fingerprint density at radius 2 is 2.08 bits per heavy atom. The minimum atomic E-state index is -0.400. The Hall–Kier alpha value is -1.77. The summed E-state index contributed by atoms with van der Waals surface area (Å²) in [5.74, 6) is 0. The number of hydrogen-bond donors (Lipinski definition) is 1. The third kappa shape index (κ3) is 1.28. The Balaban J connectivity index is 2.94. The van der Waals surface area contributed by atoms with E-state index in [9.17, 15) is 4.79 Å². The van der Waals surface area contributed by atoms with E-state index in [0.29, 0.717) is 16.8 Å². The SMILES string of the molecule is [CH2]c1cc(=O)oc2cc(N)ccc12. The van der Waals surface area contributed by atoms with Crippen LogP contribution in [0.3, 0.4) is 0 Å². The van der Waals surface area contributed by atoms with Gasteiger partial charge in [-0.15, -0.1) is 0 Å². The van der Waals surface area contributed by atoms with E-state index in [1.165, 1.54) is 6.07 Å². The molecule has 1 heterocycles. The first-order chi connectivity index (χ1) is 6.16. The Morgan fingerprint density at radius 3 is 2.85 bits per heavy atom. The molecule has 0 aliphatic heterocycles. The Morgan fingerprint density at radius 1 is 1.31 bits per heavy atom. The molecule has 1 radical (unpaired) electrons. The van der Waals surface area contributed by atoms with E-state index in [1.807, 2.05) is 0 Å². The molecule has 2 aromatic rings. The van der Waals surface area contributed by atoms with E-state index in [-0.39, 0.29) is 0 Å². The molecule has 0 unspecified atom stereocenters. The molecule has 0 bridgehead atoms. The molecule has 2 rings (SSSR count). The first-order valence-corrected chi connectivity index (χ1v) is 3.82. The van der Waals surface area contributed by atoms with Crippen molar-refractivity contribution in [2.24, 2.45) is 0 Å². The molecule has 0 saturated heterocycles. The second kappa shape index (κ2) is 2.62. The minimum absolute atomic E-state index is 0.400. The van der Waals surface area contributed by atoms with Gasteiger partial charge in [0.25, 0.3) is 0 Å². The molecule has 3 heteroatoms. The number of fused-ring (bicyclic) bond motifs is 1. The lowest BCUT2D eigenvalue weighted by Crippen LogP contribution is -1.98. The molecule has 0 aliphatic carbocycles. The summed E-state index contributed by atoms with van der Waals surface area (Å²) in [6, 6.07) is 6.51. The fourth-order valence-corrected chi connectivity index (χ4v) is 1.25. The topological polar surface area (TPSA) is 56.2 Å². The van der Waals surface area contributed by atoms with Crippen LogP contribution in [0.25, 0.3) is 11.0 Å². The van der Waals surface area contributed by atoms with E-state index < -0.39 is 5.63 Å². The summed E-state index contributed by atoms with van der Waals surface area (Å²) < 4.78 is 4.95. The van der Waals surface area contributed by atoms with Crippen LogP contribution >= 0.6 is 0 Å². The van der Waals surface area contributed by atoms with Crippen molar-refractivity contribution in [3.8, 4) is 0 Å². The average Bonchev–Trinajstić information content (AvgIpc) is 2.02. The van der Waals surface area contributed by atoms with Gasteiger partial charge in [0.1, 0.15) is 5.58 Å². The molecule has 1 aromatic carbocycles. The van der Waals surface area contributed by atoms with Crippen molar-refractivity contribution >= 4 is 16.7 Å². The van der Waals surface area contributed by atoms with Crippen LogP contribution in [-0.2, 0) is 0 Å². The highest BCUT2D eigenvalue weighted by Gasteiger charge is 2.01.